The topological polar surface area (TPSA) is 66.7 Å². The number of rotatable bonds is 6. The summed E-state index contributed by atoms with van der Waals surface area (Å²) in [7, 11) is 0. The van der Waals surface area contributed by atoms with E-state index in [1.54, 1.807) is 18.3 Å². The van der Waals surface area contributed by atoms with Gasteiger partial charge in [0.05, 0.1) is 23.6 Å². The van der Waals surface area contributed by atoms with Gasteiger partial charge in [0, 0.05) is 23.7 Å². The van der Waals surface area contributed by atoms with Crippen molar-refractivity contribution < 1.29 is 8.91 Å². The standard InChI is InChI=1S/C17H19FN4O/c1-3-15-8-16(23-22-15)11(2)19-9-13-10-20-21-17(13)12-4-6-14(18)7-5-12/h4-8,10-11,19H,3,9H2,1-2H3,(H,20,21)/t11-/m1/s1. The van der Waals surface area contributed by atoms with E-state index in [1.165, 1.54) is 12.1 Å². The van der Waals surface area contributed by atoms with Crippen LogP contribution in [0.5, 0.6) is 0 Å². The molecule has 120 valence electrons. The van der Waals surface area contributed by atoms with E-state index < -0.39 is 0 Å². The van der Waals surface area contributed by atoms with Gasteiger partial charge in [-0.25, -0.2) is 4.39 Å². The highest BCUT2D eigenvalue weighted by Crippen LogP contribution is 2.22. The molecule has 2 N–H and O–H groups in total. The highest BCUT2D eigenvalue weighted by Gasteiger charge is 2.13. The Kier molecular flexibility index (Phi) is 4.52. The number of aromatic nitrogens is 3. The number of H-pyrrole nitrogens is 1. The molecule has 0 amide bonds. The van der Waals surface area contributed by atoms with Crippen LogP contribution in [0.25, 0.3) is 11.3 Å². The molecule has 0 bridgehead atoms. The van der Waals surface area contributed by atoms with E-state index >= 15 is 0 Å². The number of hydrogen-bond acceptors (Lipinski definition) is 4. The lowest BCUT2D eigenvalue weighted by atomic mass is 10.1. The molecule has 0 radical (unpaired) electrons. The zero-order valence-corrected chi connectivity index (χ0v) is 13.1. The van der Waals surface area contributed by atoms with Gasteiger partial charge >= 0.3 is 0 Å². The summed E-state index contributed by atoms with van der Waals surface area (Å²) in [6.45, 7) is 4.68. The van der Waals surface area contributed by atoms with Gasteiger partial charge in [0.2, 0.25) is 0 Å². The first-order valence-electron chi connectivity index (χ1n) is 7.64. The van der Waals surface area contributed by atoms with Gasteiger partial charge in [-0.3, -0.25) is 5.10 Å². The van der Waals surface area contributed by atoms with Crippen molar-refractivity contribution in [2.45, 2.75) is 32.9 Å². The molecule has 2 aromatic heterocycles. The van der Waals surface area contributed by atoms with E-state index in [2.05, 4.69) is 20.7 Å². The van der Waals surface area contributed by atoms with Gasteiger partial charge in [-0.2, -0.15) is 5.10 Å². The minimum atomic E-state index is -0.251. The molecule has 0 aliphatic rings. The maximum absolute atomic E-state index is 13.0. The molecule has 0 unspecified atom stereocenters. The Morgan fingerprint density at radius 2 is 2.09 bits per heavy atom. The number of nitrogens with zero attached hydrogens (tertiary/aromatic N) is 2. The first kappa shape index (κ1) is 15.4. The van der Waals surface area contributed by atoms with E-state index in [1.807, 2.05) is 19.9 Å². The smallest absolute Gasteiger partial charge is 0.153 e. The van der Waals surface area contributed by atoms with Crippen LogP contribution in [-0.4, -0.2) is 15.4 Å². The van der Waals surface area contributed by atoms with Crippen molar-refractivity contribution >= 4 is 0 Å². The lowest BCUT2D eigenvalue weighted by Crippen LogP contribution is -2.17. The van der Waals surface area contributed by atoms with Crippen LogP contribution in [0.2, 0.25) is 0 Å². The fraction of sp³-hybridized carbons (Fsp3) is 0.294. The van der Waals surface area contributed by atoms with E-state index in [4.69, 9.17) is 4.52 Å². The average molecular weight is 314 g/mol. The van der Waals surface area contributed by atoms with Crippen molar-refractivity contribution in [2.24, 2.45) is 0 Å². The first-order valence-corrected chi connectivity index (χ1v) is 7.64. The zero-order valence-electron chi connectivity index (χ0n) is 13.1. The highest BCUT2D eigenvalue weighted by molar-refractivity contribution is 5.62. The third-order valence-corrected chi connectivity index (χ3v) is 3.82. The minimum absolute atomic E-state index is 0.0405. The Morgan fingerprint density at radius 1 is 1.30 bits per heavy atom. The predicted molar refractivity (Wildman–Crippen MR) is 85.1 cm³/mol. The molecule has 0 fully saturated rings. The number of aryl methyl sites for hydroxylation is 1. The third-order valence-electron chi connectivity index (χ3n) is 3.82. The van der Waals surface area contributed by atoms with Crippen molar-refractivity contribution in [3.63, 3.8) is 0 Å². The van der Waals surface area contributed by atoms with E-state index in [-0.39, 0.29) is 11.9 Å². The fourth-order valence-corrected chi connectivity index (χ4v) is 2.37. The molecule has 3 rings (SSSR count). The monoisotopic (exact) mass is 314 g/mol. The van der Waals surface area contributed by atoms with Crippen LogP contribution >= 0.6 is 0 Å². The summed E-state index contributed by atoms with van der Waals surface area (Å²) in [4.78, 5) is 0. The molecule has 0 saturated carbocycles. The first-order chi connectivity index (χ1) is 11.2. The maximum atomic E-state index is 13.0. The molecule has 23 heavy (non-hydrogen) atoms. The minimum Gasteiger partial charge on any atom is -0.359 e. The molecule has 0 aliphatic carbocycles. The number of halogens is 1. The SMILES string of the molecule is CCc1cc([C@@H](C)NCc2cn[nH]c2-c2ccc(F)cc2)on1. The lowest BCUT2D eigenvalue weighted by Gasteiger charge is -2.10. The Bertz CT molecular complexity index is 763. The molecule has 1 aromatic carbocycles. The van der Waals surface area contributed by atoms with Gasteiger partial charge in [0.1, 0.15) is 5.82 Å². The summed E-state index contributed by atoms with van der Waals surface area (Å²) >= 11 is 0. The molecular weight excluding hydrogens is 295 g/mol. The van der Waals surface area contributed by atoms with Crippen LogP contribution in [-0.2, 0) is 13.0 Å². The summed E-state index contributed by atoms with van der Waals surface area (Å²) < 4.78 is 18.4. The van der Waals surface area contributed by atoms with Gasteiger partial charge in [-0.15, -0.1) is 0 Å². The van der Waals surface area contributed by atoms with Crippen molar-refractivity contribution in [2.75, 3.05) is 0 Å². The molecule has 3 aromatic rings. The van der Waals surface area contributed by atoms with Crippen LogP contribution in [0.3, 0.4) is 0 Å². The summed E-state index contributed by atoms with van der Waals surface area (Å²) in [6.07, 6.45) is 2.63. The molecule has 0 saturated heterocycles. The number of aromatic amines is 1. The zero-order chi connectivity index (χ0) is 16.2. The largest absolute Gasteiger partial charge is 0.359 e. The number of nitrogens with one attached hydrogen (secondary N) is 2. The van der Waals surface area contributed by atoms with E-state index in [0.29, 0.717) is 6.54 Å². The van der Waals surface area contributed by atoms with Gasteiger partial charge in [-0.05, 0) is 37.6 Å². The Labute approximate surface area is 133 Å². The summed E-state index contributed by atoms with van der Waals surface area (Å²) in [5, 5.41) is 14.5. The summed E-state index contributed by atoms with van der Waals surface area (Å²) in [5.41, 5.74) is 3.75. The van der Waals surface area contributed by atoms with Crippen LogP contribution < -0.4 is 5.32 Å². The van der Waals surface area contributed by atoms with E-state index in [0.717, 1.165) is 34.7 Å². The van der Waals surface area contributed by atoms with Crippen molar-refractivity contribution in [3.05, 3.63) is 59.4 Å². The normalized spacial score (nSPS) is 12.5. The molecular formula is C17H19FN4O. The van der Waals surface area contributed by atoms with E-state index in [9.17, 15) is 4.39 Å². The molecule has 6 heteroatoms. The van der Waals surface area contributed by atoms with Crippen molar-refractivity contribution in [1.82, 2.24) is 20.7 Å². The van der Waals surface area contributed by atoms with Crippen molar-refractivity contribution in [1.29, 1.82) is 0 Å². The number of hydrogen-bond donors (Lipinski definition) is 2. The van der Waals surface area contributed by atoms with Gasteiger partial charge < -0.3 is 9.84 Å². The van der Waals surface area contributed by atoms with Gasteiger partial charge in [-0.1, -0.05) is 12.1 Å². The highest BCUT2D eigenvalue weighted by atomic mass is 19.1. The Hall–Kier alpha value is -2.47. The average Bonchev–Trinajstić information content (AvgIpc) is 3.22. The quantitative estimate of drug-likeness (QED) is 0.729. The molecule has 5 nitrogen and oxygen atoms in total. The van der Waals surface area contributed by atoms with Crippen LogP contribution in [0, 0.1) is 5.82 Å². The summed E-state index contributed by atoms with van der Waals surface area (Å²) in [5.74, 6) is 0.562. The predicted octanol–water partition coefficient (Wildman–Crippen LogP) is 3.62. The lowest BCUT2D eigenvalue weighted by molar-refractivity contribution is 0.342. The van der Waals surface area contributed by atoms with Crippen LogP contribution in [0.1, 0.15) is 36.9 Å². The molecule has 1 atom stereocenters. The molecule has 0 spiro atoms. The molecule has 2 heterocycles. The second-order valence-corrected chi connectivity index (χ2v) is 5.45. The number of benzene rings is 1. The maximum Gasteiger partial charge on any atom is 0.153 e. The third kappa shape index (κ3) is 3.48. The second kappa shape index (κ2) is 6.75. The Morgan fingerprint density at radius 3 is 2.78 bits per heavy atom. The van der Waals surface area contributed by atoms with Crippen LogP contribution in [0.4, 0.5) is 4.39 Å². The molecule has 0 aliphatic heterocycles. The van der Waals surface area contributed by atoms with Gasteiger partial charge in [0.15, 0.2) is 5.76 Å². The van der Waals surface area contributed by atoms with Gasteiger partial charge in [0.25, 0.3) is 0 Å². The van der Waals surface area contributed by atoms with Crippen LogP contribution in [0.15, 0.2) is 41.1 Å². The fourth-order valence-electron chi connectivity index (χ4n) is 2.37. The Balaban J connectivity index is 1.69. The second-order valence-electron chi connectivity index (χ2n) is 5.45. The van der Waals surface area contributed by atoms with Crippen molar-refractivity contribution in [3.8, 4) is 11.3 Å². The summed E-state index contributed by atoms with van der Waals surface area (Å²) in [6, 6.07) is 8.36.